The van der Waals surface area contributed by atoms with E-state index in [4.69, 9.17) is 10.4 Å². The van der Waals surface area contributed by atoms with Crippen molar-refractivity contribution in [3.63, 3.8) is 0 Å². The number of nitrogens with zero attached hydrogens (tertiary/aromatic N) is 1. The summed E-state index contributed by atoms with van der Waals surface area (Å²) in [6.45, 7) is 4.40. The van der Waals surface area contributed by atoms with Crippen LogP contribution < -0.4 is 5.32 Å². The number of aliphatic hydroxyl groups excluding tert-OH is 1. The second-order valence-corrected chi connectivity index (χ2v) is 4.24. The molecule has 0 fully saturated rings. The second kappa shape index (κ2) is 6.33. The van der Waals surface area contributed by atoms with E-state index in [0.29, 0.717) is 17.7 Å². The SMILES string of the molecule is CC(CO)C(C)NCc1cc(F)ccc1C#N. The molecule has 0 aliphatic heterocycles. The fourth-order valence-corrected chi connectivity index (χ4v) is 1.45. The van der Waals surface area contributed by atoms with Gasteiger partial charge in [0.05, 0.1) is 11.6 Å². The van der Waals surface area contributed by atoms with E-state index in [1.807, 2.05) is 19.9 Å². The van der Waals surface area contributed by atoms with E-state index < -0.39 is 0 Å². The predicted molar refractivity (Wildman–Crippen MR) is 63.7 cm³/mol. The maximum Gasteiger partial charge on any atom is 0.123 e. The van der Waals surface area contributed by atoms with Gasteiger partial charge in [-0.2, -0.15) is 5.26 Å². The summed E-state index contributed by atoms with van der Waals surface area (Å²) in [6.07, 6.45) is 0. The monoisotopic (exact) mass is 236 g/mol. The minimum atomic E-state index is -0.344. The lowest BCUT2D eigenvalue weighted by molar-refractivity contribution is 0.207. The highest BCUT2D eigenvalue weighted by molar-refractivity contribution is 5.37. The number of nitriles is 1. The zero-order valence-corrected chi connectivity index (χ0v) is 10.1. The number of aliphatic hydroxyl groups is 1. The van der Waals surface area contributed by atoms with Crippen LogP contribution in [0.1, 0.15) is 25.0 Å². The van der Waals surface area contributed by atoms with Crippen molar-refractivity contribution in [2.24, 2.45) is 5.92 Å². The molecule has 0 amide bonds. The average Bonchev–Trinajstić information content (AvgIpc) is 2.35. The van der Waals surface area contributed by atoms with Gasteiger partial charge in [-0.15, -0.1) is 0 Å². The summed E-state index contributed by atoms with van der Waals surface area (Å²) < 4.78 is 13.1. The quantitative estimate of drug-likeness (QED) is 0.819. The number of nitrogens with one attached hydrogen (secondary N) is 1. The fourth-order valence-electron chi connectivity index (χ4n) is 1.45. The predicted octanol–water partition coefficient (Wildman–Crippen LogP) is 1.80. The van der Waals surface area contributed by atoms with Crippen LogP contribution in [-0.2, 0) is 6.54 Å². The topological polar surface area (TPSA) is 56.0 Å². The molecule has 0 saturated carbocycles. The molecule has 4 heteroatoms. The van der Waals surface area contributed by atoms with E-state index in [2.05, 4.69) is 5.32 Å². The van der Waals surface area contributed by atoms with E-state index in [-0.39, 0.29) is 24.4 Å². The van der Waals surface area contributed by atoms with Gasteiger partial charge in [0.25, 0.3) is 0 Å². The van der Waals surface area contributed by atoms with Gasteiger partial charge in [-0.25, -0.2) is 4.39 Å². The first-order valence-electron chi connectivity index (χ1n) is 5.61. The number of rotatable bonds is 5. The van der Waals surface area contributed by atoms with Crippen molar-refractivity contribution in [2.75, 3.05) is 6.61 Å². The van der Waals surface area contributed by atoms with Crippen LogP contribution in [0.4, 0.5) is 4.39 Å². The molecule has 0 aliphatic carbocycles. The lowest BCUT2D eigenvalue weighted by Gasteiger charge is -2.19. The molecule has 0 spiro atoms. The highest BCUT2D eigenvalue weighted by Crippen LogP contribution is 2.11. The van der Waals surface area contributed by atoms with Gasteiger partial charge in [0, 0.05) is 19.2 Å². The lowest BCUT2D eigenvalue weighted by atomic mass is 10.0. The van der Waals surface area contributed by atoms with Gasteiger partial charge >= 0.3 is 0 Å². The van der Waals surface area contributed by atoms with Gasteiger partial charge < -0.3 is 10.4 Å². The maximum absolute atomic E-state index is 13.1. The van der Waals surface area contributed by atoms with Gasteiger partial charge in [0.1, 0.15) is 5.82 Å². The summed E-state index contributed by atoms with van der Waals surface area (Å²) >= 11 is 0. The molecule has 2 N–H and O–H groups in total. The van der Waals surface area contributed by atoms with Gasteiger partial charge in [-0.05, 0) is 36.6 Å². The van der Waals surface area contributed by atoms with E-state index in [1.54, 1.807) is 0 Å². The molecule has 0 heterocycles. The smallest absolute Gasteiger partial charge is 0.123 e. The molecule has 0 aliphatic rings. The van der Waals surface area contributed by atoms with E-state index >= 15 is 0 Å². The summed E-state index contributed by atoms with van der Waals surface area (Å²) in [4.78, 5) is 0. The van der Waals surface area contributed by atoms with Crippen LogP contribution in [0, 0.1) is 23.1 Å². The Morgan fingerprint density at radius 1 is 1.47 bits per heavy atom. The first kappa shape index (κ1) is 13.6. The number of benzene rings is 1. The number of halogens is 1. The normalized spacial score (nSPS) is 14.1. The summed E-state index contributed by atoms with van der Waals surface area (Å²) in [5, 5.41) is 21.1. The van der Waals surface area contributed by atoms with E-state index in [1.165, 1.54) is 18.2 Å². The first-order chi connectivity index (χ1) is 8.08. The molecule has 1 rings (SSSR count). The van der Waals surface area contributed by atoms with Crippen molar-refractivity contribution in [3.8, 4) is 6.07 Å². The molecule has 92 valence electrons. The zero-order valence-electron chi connectivity index (χ0n) is 10.1. The number of hydrogen-bond donors (Lipinski definition) is 2. The van der Waals surface area contributed by atoms with E-state index in [0.717, 1.165) is 0 Å². The van der Waals surface area contributed by atoms with Crippen LogP contribution in [0.25, 0.3) is 0 Å². The highest BCUT2D eigenvalue weighted by atomic mass is 19.1. The van der Waals surface area contributed by atoms with Crippen molar-refractivity contribution in [2.45, 2.75) is 26.4 Å². The summed E-state index contributed by atoms with van der Waals surface area (Å²) in [7, 11) is 0. The lowest BCUT2D eigenvalue weighted by Crippen LogP contribution is -2.33. The molecule has 0 radical (unpaired) electrons. The molecule has 1 aromatic carbocycles. The van der Waals surface area contributed by atoms with Crippen LogP contribution >= 0.6 is 0 Å². The molecule has 0 bridgehead atoms. The zero-order chi connectivity index (χ0) is 12.8. The number of hydrogen-bond acceptors (Lipinski definition) is 3. The van der Waals surface area contributed by atoms with Gasteiger partial charge in [0.2, 0.25) is 0 Å². The summed E-state index contributed by atoms with van der Waals surface area (Å²) in [6, 6.07) is 6.26. The Balaban J connectivity index is 2.69. The molecule has 2 unspecified atom stereocenters. The fraction of sp³-hybridized carbons (Fsp3) is 0.462. The van der Waals surface area contributed by atoms with Crippen LogP contribution in [0.3, 0.4) is 0 Å². The Morgan fingerprint density at radius 3 is 2.76 bits per heavy atom. The molecule has 3 nitrogen and oxygen atoms in total. The standard InChI is InChI=1S/C13H17FN2O/c1-9(8-17)10(2)16-7-12-5-13(14)4-3-11(12)6-15/h3-5,9-10,16-17H,7-8H2,1-2H3. The van der Waals surface area contributed by atoms with Crippen LogP contribution in [0.15, 0.2) is 18.2 Å². The van der Waals surface area contributed by atoms with Crippen molar-refractivity contribution in [1.29, 1.82) is 5.26 Å². The maximum atomic E-state index is 13.1. The summed E-state index contributed by atoms with van der Waals surface area (Å²) in [5.74, 6) is -0.224. The molecule has 0 aromatic heterocycles. The molecule has 1 aromatic rings. The minimum Gasteiger partial charge on any atom is -0.396 e. The van der Waals surface area contributed by atoms with E-state index in [9.17, 15) is 4.39 Å². The highest BCUT2D eigenvalue weighted by Gasteiger charge is 2.11. The third kappa shape index (κ3) is 3.81. The third-order valence-electron chi connectivity index (χ3n) is 2.94. The largest absolute Gasteiger partial charge is 0.396 e. The third-order valence-corrected chi connectivity index (χ3v) is 2.94. The Morgan fingerprint density at radius 2 is 2.18 bits per heavy atom. The average molecular weight is 236 g/mol. The van der Waals surface area contributed by atoms with Crippen LogP contribution in [0.2, 0.25) is 0 Å². The van der Waals surface area contributed by atoms with Crippen LogP contribution in [-0.4, -0.2) is 17.8 Å². The first-order valence-corrected chi connectivity index (χ1v) is 5.61. The molecular weight excluding hydrogens is 219 g/mol. The molecule has 0 saturated heterocycles. The Kier molecular flexibility index (Phi) is 5.08. The van der Waals surface area contributed by atoms with Gasteiger partial charge in [-0.3, -0.25) is 0 Å². The second-order valence-electron chi connectivity index (χ2n) is 4.24. The van der Waals surface area contributed by atoms with Crippen LogP contribution in [0.5, 0.6) is 0 Å². The van der Waals surface area contributed by atoms with Crippen molar-refractivity contribution in [1.82, 2.24) is 5.32 Å². The molecule has 2 atom stereocenters. The van der Waals surface area contributed by atoms with Crippen molar-refractivity contribution in [3.05, 3.63) is 35.1 Å². The Hall–Kier alpha value is -1.44. The van der Waals surface area contributed by atoms with Crippen molar-refractivity contribution >= 4 is 0 Å². The Bertz CT molecular complexity index is 414. The van der Waals surface area contributed by atoms with Gasteiger partial charge in [-0.1, -0.05) is 6.92 Å². The molecule has 17 heavy (non-hydrogen) atoms. The van der Waals surface area contributed by atoms with Gasteiger partial charge in [0.15, 0.2) is 0 Å². The summed E-state index contributed by atoms with van der Waals surface area (Å²) in [5.41, 5.74) is 1.12. The molecular formula is C13H17FN2O. The van der Waals surface area contributed by atoms with Crippen molar-refractivity contribution < 1.29 is 9.50 Å². The minimum absolute atomic E-state index is 0.0996. The Labute approximate surface area is 101 Å².